The standard InChI is InChI=1S/C16H10ClFN4S/c17-13-4-2-1-3-12(13)14-9-23-16-20-19-15(22(16)21-14)10-5-7-11(18)8-6-10/h1-8H,9H2. The summed E-state index contributed by atoms with van der Waals surface area (Å²) in [5.74, 6) is 0.962. The van der Waals surface area contributed by atoms with Crippen LogP contribution in [0.1, 0.15) is 5.56 Å². The van der Waals surface area contributed by atoms with E-state index in [1.165, 1.54) is 12.1 Å². The molecule has 2 heterocycles. The zero-order chi connectivity index (χ0) is 15.8. The number of aromatic nitrogens is 3. The van der Waals surface area contributed by atoms with Gasteiger partial charge in [-0.15, -0.1) is 10.2 Å². The Kier molecular flexibility index (Phi) is 3.63. The van der Waals surface area contributed by atoms with E-state index in [1.54, 1.807) is 28.6 Å². The van der Waals surface area contributed by atoms with E-state index in [-0.39, 0.29) is 5.82 Å². The molecule has 0 aliphatic carbocycles. The summed E-state index contributed by atoms with van der Waals surface area (Å²) >= 11 is 7.81. The molecule has 0 amide bonds. The van der Waals surface area contributed by atoms with Crippen LogP contribution in [0.25, 0.3) is 11.4 Å². The van der Waals surface area contributed by atoms with Crippen molar-refractivity contribution in [1.82, 2.24) is 14.9 Å². The molecule has 0 atom stereocenters. The molecule has 3 aromatic rings. The Morgan fingerprint density at radius 3 is 2.61 bits per heavy atom. The quantitative estimate of drug-likeness (QED) is 0.703. The maximum absolute atomic E-state index is 13.1. The molecule has 0 bridgehead atoms. The van der Waals surface area contributed by atoms with E-state index in [9.17, 15) is 4.39 Å². The highest BCUT2D eigenvalue weighted by Crippen LogP contribution is 2.29. The molecule has 1 aliphatic rings. The number of fused-ring (bicyclic) bond motifs is 1. The molecule has 1 aliphatic heterocycles. The molecule has 23 heavy (non-hydrogen) atoms. The molecule has 0 unspecified atom stereocenters. The lowest BCUT2D eigenvalue weighted by atomic mass is 10.1. The Labute approximate surface area is 141 Å². The first-order valence-electron chi connectivity index (χ1n) is 6.89. The highest BCUT2D eigenvalue weighted by Gasteiger charge is 2.21. The topological polar surface area (TPSA) is 43.1 Å². The first kappa shape index (κ1) is 14.4. The molecule has 0 saturated carbocycles. The van der Waals surface area contributed by atoms with Crippen LogP contribution in [-0.2, 0) is 0 Å². The monoisotopic (exact) mass is 344 g/mol. The normalized spacial score (nSPS) is 13.6. The average molecular weight is 345 g/mol. The van der Waals surface area contributed by atoms with Crippen molar-refractivity contribution in [2.75, 3.05) is 5.75 Å². The average Bonchev–Trinajstić information content (AvgIpc) is 2.99. The van der Waals surface area contributed by atoms with Gasteiger partial charge in [0, 0.05) is 21.9 Å². The van der Waals surface area contributed by atoms with Crippen LogP contribution in [0.3, 0.4) is 0 Å². The Morgan fingerprint density at radius 1 is 1.04 bits per heavy atom. The first-order valence-corrected chi connectivity index (χ1v) is 8.25. The van der Waals surface area contributed by atoms with E-state index in [1.807, 2.05) is 24.3 Å². The van der Waals surface area contributed by atoms with E-state index in [4.69, 9.17) is 11.6 Å². The van der Waals surface area contributed by atoms with Gasteiger partial charge in [-0.3, -0.25) is 0 Å². The molecule has 0 radical (unpaired) electrons. The van der Waals surface area contributed by atoms with Crippen LogP contribution in [0.2, 0.25) is 5.02 Å². The summed E-state index contributed by atoms with van der Waals surface area (Å²) in [6, 6.07) is 13.7. The maximum atomic E-state index is 13.1. The summed E-state index contributed by atoms with van der Waals surface area (Å²) in [6.45, 7) is 0. The van der Waals surface area contributed by atoms with Crippen molar-refractivity contribution in [2.45, 2.75) is 5.16 Å². The fraction of sp³-hybridized carbons (Fsp3) is 0.0625. The number of rotatable bonds is 2. The van der Waals surface area contributed by atoms with Crippen molar-refractivity contribution in [3.05, 3.63) is 64.9 Å². The van der Waals surface area contributed by atoms with Crippen LogP contribution in [0.5, 0.6) is 0 Å². The number of thioether (sulfide) groups is 1. The smallest absolute Gasteiger partial charge is 0.207 e. The lowest BCUT2D eigenvalue weighted by Gasteiger charge is -2.14. The molecule has 4 rings (SSSR count). The second-order valence-electron chi connectivity index (χ2n) is 4.94. The van der Waals surface area contributed by atoms with Crippen molar-refractivity contribution in [3.8, 4) is 11.4 Å². The largest absolute Gasteiger partial charge is 0.212 e. The van der Waals surface area contributed by atoms with E-state index in [2.05, 4.69) is 15.3 Å². The highest BCUT2D eigenvalue weighted by atomic mass is 35.5. The fourth-order valence-corrected chi connectivity index (χ4v) is 3.41. The van der Waals surface area contributed by atoms with E-state index in [0.29, 0.717) is 21.8 Å². The van der Waals surface area contributed by atoms with Crippen molar-refractivity contribution in [2.24, 2.45) is 5.10 Å². The zero-order valence-electron chi connectivity index (χ0n) is 11.8. The van der Waals surface area contributed by atoms with Gasteiger partial charge < -0.3 is 0 Å². The number of hydrogen-bond donors (Lipinski definition) is 0. The van der Waals surface area contributed by atoms with Crippen LogP contribution in [0, 0.1) is 5.82 Å². The molecule has 7 heteroatoms. The van der Waals surface area contributed by atoms with Crippen molar-refractivity contribution >= 4 is 29.1 Å². The van der Waals surface area contributed by atoms with E-state index >= 15 is 0 Å². The van der Waals surface area contributed by atoms with Gasteiger partial charge in [-0.25, -0.2) is 4.39 Å². The van der Waals surface area contributed by atoms with Crippen molar-refractivity contribution < 1.29 is 4.39 Å². The van der Waals surface area contributed by atoms with Crippen LogP contribution in [0.4, 0.5) is 4.39 Å². The van der Waals surface area contributed by atoms with Gasteiger partial charge in [0.15, 0.2) is 5.82 Å². The van der Waals surface area contributed by atoms with Gasteiger partial charge in [0.1, 0.15) is 5.82 Å². The lowest BCUT2D eigenvalue weighted by Crippen LogP contribution is -2.14. The van der Waals surface area contributed by atoms with Gasteiger partial charge in [0.05, 0.1) is 5.71 Å². The summed E-state index contributed by atoms with van der Waals surface area (Å²) in [5, 5.41) is 14.3. The molecule has 0 N–H and O–H groups in total. The summed E-state index contributed by atoms with van der Waals surface area (Å²) in [5.41, 5.74) is 2.51. The third-order valence-corrected chi connectivity index (χ3v) is 4.72. The van der Waals surface area contributed by atoms with Gasteiger partial charge in [-0.2, -0.15) is 9.78 Å². The van der Waals surface area contributed by atoms with Crippen molar-refractivity contribution in [1.29, 1.82) is 0 Å². The Bertz CT molecular complexity index is 905. The van der Waals surface area contributed by atoms with Gasteiger partial charge in [0.2, 0.25) is 5.16 Å². The van der Waals surface area contributed by atoms with E-state index < -0.39 is 0 Å². The number of nitrogens with zero attached hydrogens (tertiary/aromatic N) is 4. The molecule has 1 aromatic heterocycles. The minimum absolute atomic E-state index is 0.290. The predicted octanol–water partition coefficient (Wildman–Crippen LogP) is 4.10. The highest BCUT2D eigenvalue weighted by molar-refractivity contribution is 7.99. The Morgan fingerprint density at radius 2 is 1.83 bits per heavy atom. The molecule has 0 fully saturated rings. The van der Waals surface area contributed by atoms with Gasteiger partial charge >= 0.3 is 0 Å². The third kappa shape index (κ3) is 2.64. The third-order valence-electron chi connectivity index (χ3n) is 3.46. The second-order valence-corrected chi connectivity index (χ2v) is 6.29. The van der Waals surface area contributed by atoms with Gasteiger partial charge in [-0.1, -0.05) is 41.6 Å². The fourth-order valence-electron chi connectivity index (χ4n) is 2.33. The minimum atomic E-state index is -0.290. The first-order chi connectivity index (χ1) is 11.2. The number of benzene rings is 2. The Balaban J connectivity index is 1.81. The summed E-state index contributed by atoms with van der Waals surface area (Å²) in [6.07, 6.45) is 0. The molecule has 0 spiro atoms. The number of halogens is 2. The summed E-state index contributed by atoms with van der Waals surface area (Å²) in [4.78, 5) is 0. The SMILES string of the molecule is Fc1ccc(-c2nnc3n2N=C(c2ccccc2Cl)CS3)cc1. The lowest BCUT2D eigenvalue weighted by molar-refractivity contribution is 0.628. The molecule has 2 aromatic carbocycles. The van der Waals surface area contributed by atoms with Crippen molar-refractivity contribution in [3.63, 3.8) is 0 Å². The molecular formula is C16H10ClFN4S. The molecular weight excluding hydrogens is 335 g/mol. The van der Waals surface area contributed by atoms with E-state index in [0.717, 1.165) is 16.8 Å². The second kappa shape index (κ2) is 5.79. The van der Waals surface area contributed by atoms with Gasteiger partial charge in [-0.05, 0) is 30.3 Å². The van der Waals surface area contributed by atoms with Crippen LogP contribution in [-0.4, -0.2) is 26.3 Å². The molecule has 114 valence electrons. The van der Waals surface area contributed by atoms with Crippen LogP contribution < -0.4 is 0 Å². The predicted molar refractivity (Wildman–Crippen MR) is 89.5 cm³/mol. The maximum Gasteiger partial charge on any atom is 0.212 e. The summed E-state index contributed by atoms with van der Waals surface area (Å²) in [7, 11) is 0. The number of hydrogen-bond acceptors (Lipinski definition) is 4. The Hall–Kier alpha value is -2.18. The van der Waals surface area contributed by atoms with Crippen LogP contribution in [0.15, 0.2) is 58.8 Å². The summed E-state index contributed by atoms with van der Waals surface area (Å²) < 4.78 is 14.8. The van der Waals surface area contributed by atoms with Crippen LogP contribution >= 0.6 is 23.4 Å². The molecule has 4 nitrogen and oxygen atoms in total. The minimum Gasteiger partial charge on any atom is -0.207 e. The van der Waals surface area contributed by atoms with Gasteiger partial charge in [0.25, 0.3) is 0 Å². The zero-order valence-corrected chi connectivity index (χ0v) is 13.4. The molecule has 0 saturated heterocycles.